The molecule has 16 heavy (non-hydrogen) atoms. The largest absolute Gasteiger partial charge is 0.475 e. The molecule has 2 rings (SSSR count). The molecule has 0 atom stereocenters. The Morgan fingerprint density at radius 3 is 2.81 bits per heavy atom. The Hall–Kier alpha value is -1.75. The Kier molecular flexibility index (Phi) is 2.70. The molecule has 84 valence electrons. The molecule has 0 fully saturated rings. The van der Waals surface area contributed by atoms with Crippen molar-refractivity contribution in [2.24, 2.45) is 0 Å². The summed E-state index contributed by atoms with van der Waals surface area (Å²) in [7, 11) is 0. The molecule has 0 saturated carbocycles. The van der Waals surface area contributed by atoms with Crippen LogP contribution in [0.5, 0.6) is 11.5 Å². The lowest BCUT2D eigenvalue weighted by Crippen LogP contribution is -2.14. The molecule has 0 unspecified atom stereocenters. The number of halogens is 1. The van der Waals surface area contributed by atoms with Crippen molar-refractivity contribution in [3.05, 3.63) is 22.7 Å². The van der Waals surface area contributed by atoms with Gasteiger partial charge in [-0.05, 0) is 17.7 Å². The van der Waals surface area contributed by atoms with Crippen LogP contribution in [0.3, 0.4) is 0 Å². The molecule has 1 N–H and O–H groups in total. The number of carbonyl (C=O) groups excluding carboxylic acids is 1. The number of hydrogen-bond donors (Lipinski definition) is 1. The van der Waals surface area contributed by atoms with E-state index in [9.17, 15) is 9.59 Å². The van der Waals surface area contributed by atoms with Gasteiger partial charge in [-0.2, -0.15) is 0 Å². The highest BCUT2D eigenvalue weighted by molar-refractivity contribution is 6.34. The van der Waals surface area contributed by atoms with Gasteiger partial charge in [-0.25, -0.2) is 4.79 Å². The Balaban J connectivity index is 2.27. The fourth-order valence-corrected chi connectivity index (χ4v) is 1.67. The zero-order chi connectivity index (χ0) is 11.7. The second kappa shape index (κ2) is 4.02. The van der Waals surface area contributed by atoms with E-state index in [0.29, 0.717) is 22.1 Å². The summed E-state index contributed by atoms with van der Waals surface area (Å²) < 4.78 is 10.2. The van der Waals surface area contributed by atoms with Crippen LogP contribution in [-0.4, -0.2) is 23.7 Å². The third-order valence-corrected chi connectivity index (χ3v) is 2.37. The van der Waals surface area contributed by atoms with Crippen molar-refractivity contribution in [2.75, 3.05) is 6.79 Å². The minimum absolute atomic E-state index is 0.0748. The molecule has 1 aliphatic heterocycles. The van der Waals surface area contributed by atoms with E-state index < -0.39 is 11.8 Å². The zero-order valence-electron chi connectivity index (χ0n) is 8.03. The van der Waals surface area contributed by atoms with Gasteiger partial charge < -0.3 is 14.6 Å². The summed E-state index contributed by atoms with van der Waals surface area (Å²) in [4.78, 5) is 21.4. The second-order valence-electron chi connectivity index (χ2n) is 3.22. The van der Waals surface area contributed by atoms with Crippen LogP contribution in [0.25, 0.3) is 0 Å². The maximum Gasteiger partial charge on any atom is 0.372 e. The number of carboxylic acids is 1. The standard InChI is InChI=1S/C10H7ClO5/c11-6-1-5(2-7(12)10(13)14)3-8-9(6)16-4-15-8/h1,3H,2,4H2,(H,13,14). The molecule has 0 aliphatic carbocycles. The van der Waals surface area contributed by atoms with Gasteiger partial charge in [-0.1, -0.05) is 11.6 Å². The molecule has 0 amide bonds. The minimum atomic E-state index is -1.46. The third kappa shape index (κ3) is 1.94. The Labute approximate surface area is 95.5 Å². The number of Topliss-reactive ketones (excluding diaryl/α,β-unsaturated/α-hetero) is 1. The molecule has 6 heteroatoms. The summed E-state index contributed by atoms with van der Waals surface area (Å²) in [6.45, 7) is 0.0748. The SMILES string of the molecule is O=C(O)C(=O)Cc1cc(Cl)c2c(c1)OCO2. The van der Waals surface area contributed by atoms with Gasteiger partial charge in [0.2, 0.25) is 12.6 Å². The van der Waals surface area contributed by atoms with Crippen molar-refractivity contribution in [1.82, 2.24) is 0 Å². The molecule has 0 bridgehead atoms. The number of benzene rings is 1. The lowest BCUT2D eigenvalue weighted by molar-refractivity contribution is -0.148. The lowest BCUT2D eigenvalue weighted by Gasteiger charge is -2.02. The minimum Gasteiger partial charge on any atom is -0.475 e. The number of carboxylic acid groups (broad SMARTS) is 1. The van der Waals surface area contributed by atoms with Crippen LogP contribution in [0.1, 0.15) is 5.56 Å². The summed E-state index contributed by atoms with van der Waals surface area (Å²) >= 11 is 5.87. The summed E-state index contributed by atoms with van der Waals surface area (Å²) in [6, 6.07) is 3.05. The average Bonchev–Trinajstić information content (AvgIpc) is 2.65. The fourth-order valence-electron chi connectivity index (χ4n) is 1.38. The van der Waals surface area contributed by atoms with E-state index in [4.69, 9.17) is 26.2 Å². The van der Waals surface area contributed by atoms with Crippen molar-refractivity contribution in [3.8, 4) is 11.5 Å². The van der Waals surface area contributed by atoms with E-state index in [0.717, 1.165) is 0 Å². The summed E-state index contributed by atoms with van der Waals surface area (Å²) in [5.74, 6) is -1.50. The fraction of sp³-hybridized carbons (Fsp3) is 0.200. The first-order valence-corrected chi connectivity index (χ1v) is 4.80. The van der Waals surface area contributed by atoms with Crippen LogP contribution >= 0.6 is 11.6 Å². The molecule has 5 nitrogen and oxygen atoms in total. The van der Waals surface area contributed by atoms with Crippen molar-refractivity contribution in [1.29, 1.82) is 0 Å². The number of rotatable bonds is 3. The van der Waals surface area contributed by atoms with Crippen molar-refractivity contribution < 1.29 is 24.2 Å². The van der Waals surface area contributed by atoms with Gasteiger partial charge in [0.25, 0.3) is 0 Å². The molecule has 0 radical (unpaired) electrons. The van der Waals surface area contributed by atoms with Gasteiger partial charge in [-0.15, -0.1) is 0 Å². The molecular formula is C10H7ClO5. The van der Waals surface area contributed by atoms with E-state index >= 15 is 0 Å². The first kappa shape index (κ1) is 10.8. The highest BCUT2D eigenvalue weighted by Gasteiger charge is 2.20. The summed E-state index contributed by atoms with van der Waals surface area (Å²) in [6.07, 6.45) is -0.217. The molecule has 0 aromatic heterocycles. The van der Waals surface area contributed by atoms with E-state index in [2.05, 4.69) is 0 Å². The van der Waals surface area contributed by atoms with E-state index in [1.165, 1.54) is 6.07 Å². The molecule has 1 heterocycles. The van der Waals surface area contributed by atoms with Gasteiger partial charge in [0.1, 0.15) is 0 Å². The van der Waals surface area contributed by atoms with Gasteiger partial charge >= 0.3 is 5.97 Å². The zero-order valence-corrected chi connectivity index (χ0v) is 8.78. The average molecular weight is 243 g/mol. The molecule has 1 aromatic carbocycles. The number of aliphatic carboxylic acids is 1. The van der Waals surface area contributed by atoms with Crippen molar-refractivity contribution >= 4 is 23.4 Å². The predicted octanol–water partition coefficient (Wildman–Crippen LogP) is 1.26. The second-order valence-corrected chi connectivity index (χ2v) is 3.62. The molecule has 1 aliphatic rings. The smallest absolute Gasteiger partial charge is 0.372 e. The van der Waals surface area contributed by atoms with Crippen LogP contribution in [0.15, 0.2) is 12.1 Å². The quantitative estimate of drug-likeness (QED) is 0.808. The van der Waals surface area contributed by atoms with Gasteiger partial charge in [0.05, 0.1) is 5.02 Å². The highest BCUT2D eigenvalue weighted by atomic mass is 35.5. The first-order chi connectivity index (χ1) is 7.58. The predicted molar refractivity (Wildman–Crippen MR) is 53.9 cm³/mol. The van der Waals surface area contributed by atoms with E-state index in [1.807, 2.05) is 0 Å². The van der Waals surface area contributed by atoms with Crippen LogP contribution in [0.2, 0.25) is 5.02 Å². The van der Waals surface area contributed by atoms with Gasteiger partial charge in [-0.3, -0.25) is 4.79 Å². The normalized spacial score (nSPS) is 12.6. The Morgan fingerprint density at radius 2 is 2.12 bits per heavy atom. The van der Waals surface area contributed by atoms with Crippen LogP contribution in [0, 0.1) is 0 Å². The number of ketones is 1. The number of ether oxygens (including phenoxy) is 2. The Morgan fingerprint density at radius 1 is 1.38 bits per heavy atom. The van der Waals surface area contributed by atoms with Crippen molar-refractivity contribution in [2.45, 2.75) is 6.42 Å². The highest BCUT2D eigenvalue weighted by Crippen LogP contribution is 2.39. The van der Waals surface area contributed by atoms with Crippen LogP contribution < -0.4 is 9.47 Å². The maximum atomic E-state index is 11.0. The number of hydrogen-bond acceptors (Lipinski definition) is 4. The van der Waals surface area contributed by atoms with Crippen molar-refractivity contribution in [3.63, 3.8) is 0 Å². The topological polar surface area (TPSA) is 72.8 Å². The lowest BCUT2D eigenvalue weighted by atomic mass is 10.1. The summed E-state index contributed by atoms with van der Waals surface area (Å²) in [5, 5.41) is 8.78. The number of carbonyl (C=O) groups is 2. The maximum absolute atomic E-state index is 11.0. The molecule has 0 saturated heterocycles. The monoisotopic (exact) mass is 242 g/mol. The number of fused-ring (bicyclic) bond motifs is 1. The first-order valence-electron chi connectivity index (χ1n) is 4.42. The van der Waals surface area contributed by atoms with Crippen LogP contribution in [0.4, 0.5) is 0 Å². The van der Waals surface area contributed by atoms with Gasteiger partial charge in [0, 0.05) is 6.42 Å². The summed E-state index contributed by atoms with van der Waals surface area (Å²) in [5.41, 5.74) is 0.488. The van der Waals surface area contributed by atoms with E-state index in [1.54, 1.807) is 6.07 Å². The molecule has 1 aromatic rings. The Bertz CT molecular complexity index is 469. The molecule has 0 spiro atoms. The third-order valence-electron chi connectivity index (χ3n) is 2.09. The van der Waals surface area contributed by atoms with Gasteiger partial charge in [0.15, 0.2) is 11.5 Å². The van der Waals surface area contributed by atoms with Crippen LogP contribution in [-0.2, 0) is 16.0 Å². The molecular weight excluding hydrogens is 236 g/mol. The van der Waals surface area contributed by atoms with E-state index in [-0.39, 0.29) is 13.2 Å².